The largest absolute Gasteiger partial charge is 0.411 e. The van der Waals surface area contributed by atoms with E-state index in [0.717, 1.165) is 16.5 Å². The molecule has 0 aliphatic carbocycles. The molecule has 0 aliphatic heterocycles. The fourth-order valence-corrected chi connectivity index (χ4v) is 1.35. The molecule has 0 saturated carbocycles. The molecule has 0 aliphatic rings. The van der Waals surface area contributed by atoms with Gasteiger partial charge in [0.05, 0.1) is 11.6 Å². The highest BCUT2D eigenvalue weighted by atomic mass is 16.4. The first-order chi connectivity index (χ1) is 6.42. The molecular weight excluding hydrogens is 164 g/mol. The molecule has 3 nitrogen and oxygen atoms in total. The third-order valence-corrected chi connectivity index (χ3v) is 1.94. The van der Waals surface area contributed by atoms with E-state index in [-0.39, 0.29) is 0 Å². The number of aromatic amines is 1. The Morgan fingerprint density at radius 2 is 2.08 bits per heavy atom. The van der Waals surface area contributed by atoms with Crippen molar-refractivity contribution in [1.82, 2.24) is 0 Å². The van der Waals surface area contributed by atoms with Gasteiger partial charge in [-0.05, 0) is 6.07 Å². The van der Waals surface area contributed by atoms with Crippen LogP contribution in [0.15, 0.2) is 41.7 Å². The Morgan fingerprint density at radius 3 is 2.92 bits per heavy atom. The van der Waals surface area contributed by atoms with Crippen LogP contribution in [0.3, 0.4) is 0 Å². The van der Waals surface area contributed by atoms with Crippen LogP contribution in [0.5, 0.6) is 0 Å². The number of hydrogen-bond donors (Lipinski definition) is 1. The standard InChI is InChI=1S/C10H8N2O/c13-12-7-8-5-6-11-10-4-2-1-3-9(8)10/h1-7,13H/p+1. The van der Waals surface area contributed by atoms with Crippen LogP contribution in [-0.2, 0) is 0 Å². The number of hydrogen-bond acceptors (Lipinski definition) is 2. The number of fused-ring (bicyclic) bond motifs is 1. The van der Waals surface area contributed by atoms with Gasteiger partial charge in [0.2, 0.25) is 5.52 Å². The van der Waals surface area contributed by atoms with E-state index in [9.17, 15) is 0 Å². The first-order valence-electron chi connectivity index (χ1n) is 3.98. The summed E-state index contributed by atoms with van der Waals surface area (Å²) in [6, 6.07) is 9.72. The van der Waals surface area contributed by atoms with Crippen LogP contribution in [0.25, 0.3) is 10.9 Å². The van der Waals surface area contributed by atoms with Crippen molar-refractivity contribution >= 4 is 17.1 Å². The van der Waals surface area contributed by atoms with Crippen LogP contribution in [-0.4, -0.2) is 11.4 Å². The molecule has 0 radical (unpaired) electrons. The minimum Gasteiger partial charge on any atom is -0.411 e. The van der Waals surface area contributed by atoms with Gasteiger partial charge >= 0.3 is 0 Å². The summed E-state index contributed by atoms with van der Waals surface area (Å²) in [5.74, 6) is 0. The van der Waals surface area contributed by atoms with Crippen molar-refractivity contribution in [2.24, 2.45) is 5.16 Å². The second kappa shape index (κ2) is 3.23. The van der Waals surface area contributed by atoms with Gasteiger partial charge in [-0.25, -0.2) is 4.98 Å². The van der Waals surface area contributed by atoms with Gasteiger partial charge < -0.3 is 5.21 Å². The number of rotatable bonds is 1. The SMILES string of the molecule is ON=Cc1cc[nH+]c2ccccc12. The van der Waals surface area contributed by atoms with E-state index in [2.05, 4.69) is 10.1 Å². The summed E-state index contributed by atoms with van der Waals surface area (Å²) in [7, 11) is 0. The molecule has 3 heteroatoms. The minimum absolute atomic E-state index is 0.900. The first-order valence-corrected chi connectivity index (χ1v) is 3.98. The van der Waals surface area contributed by atoms with Gasteiger partial charge in [0, 0.05) is 17.7 Å². The van der Waals surface area contributed by atoms with Crippen LogP contribution >= 0.6 is 0 Å². The fraction of sp³-hybridized carbons (Fsp3) is 0. The van der Waals surface area contributed by atoms with Crippen molar-refractivity contribution in [1.29, 1.82) is 0 Å². The topological polar surface area (TPSA) is 46.7 Å². The van der Waals surface area contributed by atoms with E-state index in [1.807, 2.05) is 36.5 Å². The molecule has 0 unspecified atom stereocenters. The fourth-order valence-electron chi connectivity index (χ4n) is 1.35. The lowest BCUT2D eigenvalue weighted by atomic mass is 10.1. The molecular formula is C10H9N2O+. The van der Waals surface area contributed by atoms with Gasteiger partial charge in [-0.3, -0.25) is 0 Å². The zero-order chi connectivity index (χ0) is 9.10. The molecule has 2 N–H and O–H groups in total. The zero-order valence-electron chi connectivity index (χ0n) is 6.94. The van der Waals surface area contributed by atoms with Gasteiger partial charge in [0.1, 0.15) is 0 Å². The number of pyridine rings is 1. The van der Waals surface area contributed by atoms with Crippen LogP contribution in [0.4, 0.5) is 0 Å². The Balaban J connectivity index is 2.75. The molecule has 0 saturated heterocycles. The van der Waals surface area contributed by atoms with Gasteiger partial charge in [-0.15, -0.1) is 0 Å². The summed E-state index contributed by atoms with van der Waals surface area (Å²) in [4.78, 5) is 3.11. The smallest absolute Gasteiger partial charge is 0.211 e. The molecule has 0 amide bonds. The number of para-hydroxylation sites is 1. The quantitative estimate of drug-likeness (QED) is 0.396. The van der Waals surface area contributed by atoms with E-state index in [4.69, 9.17) is 5.21 Å². The summed E-state index contributed by atoms with van der Waals surface area (Å²) < 4.78 is 0. The summed E-state index contributed by atoms with van der Waals surface area (Å²) >= 11 is 0. The zero-order valence-corrected chi connectivity index (χ0v) is 6.94. The van der Waals surface area contributed by atoms with Crippen molar-refractivity contribution < 1.29 is 10.2 Å². The highest BCUT2D eigenvalue weighted by Crippen LogP contribution is 2.11. The van der Waals surface area contributed by atoms with Gasteiger partial charge in [-0.2, -0.15) is 0 Å². The molecule has 0 bridgehead atoms. The normalized spacial score (nSPS) is 11.1. The average Bonchev–Trinajstić information content (AvgIpc) is 2.19. The number of H-pyrrole nitrogens is 1. The van der Waals surface area contributed by atoms with Crippen molar-refractivity contribution in [2.75, 3.05) is 0 Å². The number of oxime groups is 1. The van der Waals surface area contributed by atoms with Crippen LogP contribution in [0, 0.1) is 0 Å². The van der Waals surface area contributed by atoms with E-state index >= 15 is 0 Å². The summed E-state index contributed by atoms with van der Waals surface area (Å²) in [5.41, 5.74) is 1.93. The third-order valence-electron chi connectivity index (χ3n) is 1.94. The Labute approximate surface area is 75.3 Å². The van der Waals surface area contributed by atoms with Crippen LogP contribution in [0.2, 0.25) is 0 Å². The molecule has 1 aromatic heterocycles. The Morgan fingerprint density at radius 1 is 1.23 bits per heavy atom. The lowest BCUT2D eigenvalue weighted by Crippen LogP contribution is -2.03. The highest BCUT2D eigenvalue weighted by Gasteiger charge is 2.02. The second-order valence-electron chi connectivity index (χ2n) is 2.72. The monoisotopic (exact) mass is 173 g/mol. The highest BCUT2D eigenvalue weighted by molar-refractivity contribution is 5.96. The Kier molecular flexibility index (Phi) is 1.92. The molecule has 1 aromatic carbocycles. The van der Waals surface area contributed by atoms with Crippen LogP contribution < -0.4 is 4.98 Å². The van der Waals surface area contributed by atoms with Crippen molar-refractivity contribution in [3.8, 4) is 0 Å². The maximum Gasteiger partial charge on any atom is 0.211 e. The number of aromatic nitrogens is 1. The number of nitrogens with zero attached hydrogens (tertiary/aromatic N) is 1. The summed E-state index contributed by atoms with van der Waals surface area (Å²) in [5, 5.41) is 12.5. The van der Waals surface area contributed by atoms with E-state index < -0.39 is 0 Å². The molecule has 64 valence electrons. The van der Waals surface area contributed by atoms with E-state index in [0.29, 0.717) is 0 Å². The van der Waals surface area contributed by atoms with Gasteiger partial charge in [0.15, 0.2) is 6.20 Å². The number of benzene rings is 1. The molecule has 13 heavy (non-hydrogen) atoms. The van der Waals surface area contributed by atoms with Crippen molar-refractivity contribution in [3.63, 3.8) is 0 Å². The Hall–Kier alpha value is -1.90. The third kappa shape index (κ3) is 1.36. The summed E-state index contributed by atoms with van der Waals surface area (Å²) in [6.45, 7) is 0. The predicted octanol–water partition coefficient (Wildman–Crippen LogP) is 1.46. The van der Waals surface area contributed by atoms with Crippen molar-refractivity contribution in [2.45, 2.75) is 0 Å². The lowest BCUT2D eigenvalue weighted by molar-refractivity contribution is -0.344. The van der Waals surface area contributed by atoms with Crippen LogP contribution in [0.1, 0.15) is 5.56 Å². The molecule has 0 atom stereocenters. The maximum absolute atomic E-state index is 8.44. The van der Waals surface area contributed by atoms with Gasteiger partial charge in [0.25, 0.3) is 0 Å². The molecule has 2 rings (SSSR count). The number of nitrogens with one attached hydrogen (secondary N) is 1. The minimum atomic E-state index is 0.900. The lowest BCUT2D eigenvalue weighted by Gasteiger charge is -1.93. The maximum atomic E-state index is 8.44. The first kappa shape index (κ1) is 7.73. The Bertz CT molecular complexity index is 446. The predicted molar refractivity (Wildman–Crippen MR) is 49.9 cm³/mol. The second-order valence-corrected chi connectivity index (χ2v) is 2.72. The van der Waals surface area contributed by atoms with Crippen molar-refractivity contribution in [3.05, 3.63) is 42.1 Å². The molecule has 2 aromatic rings. The van der Waals surface area contributed by atoms with E-state index in [1.165, 1.54) is 6.21 Å². The van der Waals surface area contributed by atoms with Gasteiger partial charge in [-0.1, -0.05) is 17.3 Å². The molecule has 0 fully saturated rings. The summed E-state index contributed by atoms with van der Waals surface area (Å²) in [6.07, 6.45) is 3.25. The van der Waals surface area contributed by atoms with E-state index in [1.54, 1.807) is 0 Å². The average molecular weight is 173 g/mol. The molecule has 0 spiro atoms. The molecule has 1 heterocycles.